The maximum atomic E-state index is 12.5. The molecule has 3 rings (SSSR count). The fourth-order valence-electron chi connectivity index (χ4n) is 2.52. The number of nitrogens with one attached hydrogen (secondary N) is 2. The van der Waals surface area contributed by atoms with Crippen LogP contribution in [0.3, 0.4) is 0 Å². The van der Waals surface area contributed by atoms with Crippen molar-refractivity contribution in [2.75, 3.05) is 6.61 Å². The molecule has 2 amide bonds. The summed E-state index contributed by atoms with van der Waals surface area (Å²) in [6.07, 6.45) is 0. The smallest absolute Gasteiger partial charge is 0.290 e. The fraction of sp³-hybridized carbons (Fsp3) is 0.158. The minimum absolute atomic E-state index is 0.0518. The highest BCUT2D eigenvalue weighted by atomic mass is 127. The summed E-state index contributed by atoms with van der Waals surface area (Å²) in [5, 5.41) is 4.91. The van der Waals surface area contributed by atoms with Gasteiger partial charge in [-0.3, -0.25) is 25.2 Å². The molecule has 0 saturated carbocycles. The van der Waals surface area contributed by atoms with Gasteiger partial charge in [-0.15, -0.1) is 0 Å². The number of amides is 2. The zero-order valence-electron chi connectivity index (χ0n) is 14.9. The lowest BCUT2D eigenvalue weighted by molar-refractivity contribution is -0.123. The van der Waals surface area contributed by atoms with Gasteiger partial charge in [0, 0.05) is 15.5 Å². The van der Waals surface area contributed by atoms with Crippen molar-refractivity contribution in [2.45, 2.75) is 13.5 Å². The quantitative estimate of drug-likeness (QED) is 0.419. The molecule has 1 aromatic heterocycles. The van der Waals surface area contributed by atoms with Crippen molar-refractivity contribution < 1.29 is 14.3 Å². The number of hydrogen-bond acceptors (Lipinski definition) is 5. The molecule has 1 heterocycles. The predicted octanol–water partition coefficient (Wildman–Crippen LogP) is 1.86. The van der Waals surface area contributed by atoms with E-state index in [1.54, 1.807) is 43.3 Å². The number of carbonyl (C=O) groups is 2. The second-order valence-corrected chi connectivity index (χ2v) is 7.01. The third kappa shape index (κ3) is 4.47. The van der Waals surface area contributed by atoms with Crippen molar-refractivity contribution >= 4 is 45.2 Å². The van der Waals surface area contributed by atoms with Crippen LogP contribution in [0.2, 0.25) is 0 Å². The number of fused-ring (bicyclic) bond motifs is 1. The van der Waals surface area contributed by atoms with E-state index in [9.17, 15) is 14.4 Å². The summed E-state index contributed by atoms with van der Waals surface area (Å²) in [6.45, 7) is 1.82. The number of aryl methyl sites for hydroxylation is 1. The molecule has 2 N–H and O–H groups in total. The Bertz CT molecular complexity index is 1080. The van der Waals surface area contributed by atoms with Crippen LogP contribution in [0.15, 0.2) is 53.3 Å². The number of aromatic nitrogens is 2. The normalized spacial score (nSPS) is 10.5. The standard InChI is InChI=1S/C19H17IN4O4/c1-2-24-19(27)15-6-4-3-5-14(15)17(23-24)18(26)22-21-16(25)11-28-13-9-7-12(20)8-10-13/h3-10H,2,11H2,1H3,(H,21,25)(H,22,26). The van der Waals surface area contributed by atoms with Crippen molar-refractivity contribution in [3.63, 3.8) is 0 Å². The zero-order valence-corrected chi connectivity index (χ0v) is 17.1. The number of ether oxygens (including phenoxy) is 1. The van der Waals surface area contributed by atoms with Gasteiger partial charge in [0.1, 0.15) is 5.75 Å². The van der Waals surface area contributed by atoms with Crippen molar-refractivity contribution in [2.24, 2.45) is 0 Å². The molecule has 0 radical (unpaired) electrons. The fourth-order valence-corrected chi connectivity index (χ4v) is 2.88. The van der Waals surface area contributed by atoms with E-state index in [-0.39, 0.29) is 17.9 Å². The molecular formula is C19H17IN4O4. The molecule has 0 bridgehead atoms. The molecule has 9 heteroatoms. The van der Waals surface area contributed by atoms with Crippen LogP contribution in [-0.4, -0.2) is 28.2 Å². The Hall–Kier alpha value is -2.95. The second-order valence-electron chi connectivity index (χ2n) is 5.76. The summed E-state index contributed by atoms with van der Waals surface area (Å²) in [5.74, 6) is -0.606. The van der Waals surface area contributed by atoms with Crippen molar-refractivity contribution in [1.82, 2.24) is 20.6 Å². The first-order chi connectivity index (χ1) is 13.5. The van der Waals surface area contributed by atoms with Crippen LogP contribution in [0.25, 0.3) is 10.8 Å². The summed E-state index contributed by atoms with van der Waals surface area (Å²) < 4.78 is 7.61. The van der Waals surface area contributed by atoms with E-state index in [2.05, 4.69) is 38.5 Å². The number of benzene rings is 2. The molecule has 0 unspecified atom stereocenters. The van der Waals surface area contributed by atoms with Crippen LogP contribution in [0, 0.1) is 3.57 Å². The Morgan fingerprint density at radius 2 is 1.75 bits per heavy atom. The van der Waals surface area contributed by atoms with Crippen LogP contribution in [-0.2, 0) is 11.3 Å². The molecule has 0 atom stereocenters. The molecule has 0 spiro atoms. The van der Waals surface area contributed by atoms with Gasteiger partial charge in [-0.25, -0.2) is 4.68 Å². The maximum absolute atomic E-state index is 12.5. The monoisotopic (exact) mass is 492 g/mol. The van der Waals surface area contributed by atoms with Gasteiger partial charge >= 0.3 is 0 Å². The molecule has 28 heavy (non-hydrogen) atoms. The first kappa shape index (κ1) is 19.8. The Morgan fingerprint density at radius 3 is 2.43 bits per heavy atom. The molecule has 0 aliphatic heterocycles. The van der Waals surface area contributed by atoms with E-state index in [1.807, 2.05) is 12.1 Å². The molecule has 3 aromatic rings. The van der Waals surface area contributed by atoms with Gasteiger partial charge < -0.3 is 4.74 Å². The Labute approximate surface area is 174 Å². The minimum atomic E-state index is -0.624. The van der Waals surface area contributed by atoms with E-state index < -0.39 is 11.8 Å². The zero-order chi connectivity index (χ0) is 20.1. The lowest BCUT2D eigenvalue weighted by atomic mass is 10.1. The SMILES string of the molecule is CCn1nc(C(=O)NNC(=O)COc2ccc(I)cc2)c2ccccc2c1=O. The maximum Gasteiger partial charge on any atom is 0.290 e. The number of halogens is 1. The van der Waals surface area contributed by atoms with Gasteiger partial charge in [-0.1, -0.05) is 18.2 Å². The van der Waals surface area contributed by atoms with Crippen molar-refractivity contribution in [3.8, 4) is 5.75 Å². The third-order valence-electron chi connectivity index (χ3n) is 3.88. The molecular weight excluding hydrogens is 475 g/mol. The predicted molar refractivity (Wildman–Crippen MR) is 112 cm³/mol. The van der Waals surface area contributed by atoms with Gasteiger partial charge in [0.25, 0.3) is 17.4 Å². The molecule has 144 valence electrons. The van der Waals surface area contributed by atoms with E-state index in [4.69, 9.17) is 4.74 Å². The average molecular weight is 492 g/mol. The lowest BCUT2D eigenvalue weighted by Gasteiger charge is -2.11. The number of carbonyl (C=O) groups excluding carboxylic acids is 2. The molecule has 8 nitrogen and oxygen atoms in total. The van der Waals surface area contributed by atoms with Crippen LogP contribution in [0.1, 0.15) is 17.4 Å². The van der Waals surface area contributed by atoms with Crippen molar-refractivity contribution in [3.05, 3.63) is 68.1 Å². The van der Waals surface area contributed by atoms with Gasteiger partial charge in [0.05, 0.1) is 5.39 Å². The Balaban J connectivity index is 1.68. The largest absolute Gasteiger partial charge is 0.484 e. The topological polar surface area (TPSA) is 102 Å². The highest BCUT2D eigenvalue weighted by Crippen LogP contribution is 2.14. The van der Waals surface area contributed by atoms with Gasteiger partial charge in [0.15, 0.2) is 12.3 Å². The van der Waals surface area contributed by atoms with Crippen molar-refractivity contribution in [1.29, 1.82) is 0 Å². The van der Waals surface area contributed by atoms with Crippen LogP contribution < -0.4 is 21.1 Å². The second kappa shape index (κ2) is 8.83. The van der Waals surface area contributed by atoms with E-state index in [0.717, 1.165) is 3.57 Å². The van der Waals surface area contributed by atoms with Gasteiger partial charge in [-0.2, -0.15) is 5.10 Å². The van der Waals surface area contributed by atoms with Crippen LogP contribution >= 0.6 is 22.6 Å². The highest BCUT2D eigenvalue weighted by Gasteiger charge is 2.16. The number of rotatable bonds is 5. The van der Waals surface area contributed by atoms with Crippen LogP contribution in [0.5, 0.6) is 5.75 Å². The summed E-state index contributed by atoms with van der Waals surface area (Å²) in [5.41, 5.74) is 4.37. The number of hydrogen-bond donors (Lipinski definition) is 2. The molecule has 0 aliphatic rings. The minimum Gasteiger partial charge on any atom is -0.484 e. The summed E-state index contributed by atoms with van der Waals surface area (Å²) in [7, 11) is 0. The van der Waals surface area contributed by atoms with E-state index in [1.165, 1.54) is 4.68 Å². The van der Waals surface area contributed by atoms with E-state index >= 15 is 0 Å². The summed E-state index contributed by atoms with van der Waals surface area (Å²) in [6, 6.07) is 13.9. The number of hydrazine groups is 1. The van der Waals surface area contributed by atoms with Gasteiger partial charge in [-0.05, 0) is 59.8 Å². The molecule has 2 aromatic carbocycles. The lowest BCUT2D eigenvalue weighted by Crippen LogP contribution is -2.44. The summed E-state index contributed by atoms with van der Waals surface area (Å²) in [4.78, 5) is 36.8. The summed E-state index contributed by atoms with van der Waals surface area (Å²) >= 11 is 2.17. The first-order valence-corrected chi connectivity index (χ1v) is 9.55. The van der Waals surface area contributed by atoms with Crippen LogP contribution in [0.4, 0.5) is 0 Å². The molecule has 0 saturated heterocycles. The molecule has 0 aliphatic carbocycles. The molecule has 0 fully saturated rings. The van der Waals surface area contributed by atoms with Gasteiger partial charge in [0.2, 0.25) is 0 Å². The first-order valence-electron chi connectivity index (χ1n) is 8.47. The Morgan fingerprint density at radius 1 is 1.07 bits per heavy atom. The van der Waals surface area contributed by atoms with E-state index in [0.29, 0.717) is 23.1 Å². The third-order valence-corrected chi connectivity index (χ3v) is 4.60. The Kier molecular flexibility index (Phi) is 6.24. The highest BCUT2D eigenvalue weighted by molar-refractivity contribution is 14.1. The average Bonchev–Trinajstić information content (AvgIpc) is 2.72. The number of nitrogens with zero attached hydrogens (tertiary/aromatic N) is 2.